The van der Waals surface area contributed by atoms with Crippen molar-refractivity contribution in [2.75, 3.05) is 5.32 Å². The second kappa shape index (κ2) is 7.09. The molecule has 2 N–H and O–H groups in total. The number of aromatic nitrogens is 2. The minimum atomic E-state index is -0.397. The molecule has 1 aliphatic rings. The van der Waals surface area contributed by atoms with Gasteiger partial charge in [0.1, 0.15) is 5.02 Å². The highest BCUT2D eigenvalue weighted by Crippen LogP contribution is 2.24. The van der Waals surface area contributed by atoms with Crippen molar-refractivity contribution in [3.8, 4) is 0 Å². The highest BCUT2D eigenvalue weighted by Gasteiger charge is 2.22. The zero-order valence-corrected chi connectivity index (χ0v) is 12.6. The monoisotopic (exact) mass is 299 g/mol. The van der Waals surface area contributed by atoms with Crippen molar-refractivity contribution in [3.63, 3.8) is 0 Å². The zero-order chi connectivity index (χ0) is 14.5. The molecule has 2 unspecified atom stereocenters. The molecule has 5 nitrogen and oxygen atoms in total. The van der Waals surface area contributed by atoms with E-state index < -0.39 is 6.10 Å². The summed E-state index contributed by atoms with van der Waals surface area (Å²) in [6.07, 6.45) is 6.95. The number of nitrogens with zero attached hydrogens (tertiary/aromatic N) is 2. The molecule has 0 amide bonds. The molecule has 2 atom stereocenters. The molecule has 1 heterocycles. The van der Waals surface area contributed by atoms with Gasteiger partial charge in [-0.3, -0.25) is 4.79 Å². The predicted octanol–water partition coefficient (Wildman–Crippen LogP) is 2.41. The van der Waals surface area contributed by atoms with Gasteiger partial charge in [0, 0.05) is 6.54 Å². The molecular formula is C14H22ClN3O2. The second-order valence-corrected chi connectivity index (χ2v) is 5.73. The summed E-state index contributed by atoms with van der Waals surface area (Å²) in [5.74, 6) is 0. The summed E-state index contributed by atoms with van der Waals surface area (Å²) >= 11 is 6.12. The number of aliphatic hydroxyl groups is 1. The number of nitrogens with one attached hydrogen (secondary N) is 1. The molecule has 0 radical (unpaired) electrons. The number of aryl methyl sites for hydroxylation is 1. The van der Waals surface area contributed by atoms with Crippen LogP contribution < -0.4 is 10.9 Å². The fourth-order valence-electron chi connectivity index (χ4n) is 2.59. The Morgan fingerprint density at radius 2 is 2.20 bits per heavy atom. The minimum Gasteiger partial charge on any atom is -0.391 e. The third-order valence-corrected chi connectivity index (χ3v) is 4.11. The Kier molecular flexibility index (Phi) is 5.43. The van der Waals surface area contributed by atoms with E-state index in [1.165, 1.54) is 4.68 Å². The van der Waals surface area contributed by atoms with Crippen molar-refractivity contribution < 1.29 is 5.11 Å². The Bertz CT molecular complexity index is 504. The summed E-state index contributed by atoms with van der Waals surface area (Å²) in [5.41, 5.74) is 0.247. The van der Waals surface area contributed by atoms with Gasteiger partial charge in [0.25, 0.3) is 5.56 Å². The van der Waals surface area contributed by atoms with E-state index in [1.54, 1.807) is 6.20 Å². The summed E-state index contributed by atoms with van der Waals surface area (Å²) in [6, 6.07) is -0.0572. The van der Waals surface area contributed by atoms with Gasteiger partial charge < -0.3 is 10.4 Å². The number of halogens is 1. The van der Waals surface area contributed by atoms with Gasteiger partial charge in [-0.15, -0.1) is 0 Å². The lowest BCUT2D eigenvalue weighted by molar-refractivity contribution is 0.144. The molecule has 1 aliphatic carbocycles. The number of hydrogen-bond acceptors (Lipinski definition) is 4. The zero-order valence-electron chi connectivity index (χ0n) is 11.8. The molecule has 1 saturated carbocycles. The van der Waals surface area contributed by atoms with Crippen LogP contribution in [0.25, 0.3) is 0 Å². The van der Waals surface area contributed by atoms with E-state index in [0.29, 0.717) is 12.2 Å². The van der Waals surface area contributed by atoms with Crippen LogP contribution >= 0.6 is 11.6 Å². The molecule has 0 bridgehead atoms. The number of hydrogen-bond donors (Lipinski definition) is 2. The molecule has 0 spiro atoms. The van der Waals surface area contributed by atoms with E-state index in [2.05, 4.69) is 10.4 Å². The van der Waals surface area contributed by atoms with Gasteiger partial charge in [-0.05, 0) is 19.3 Å². The summed E-state index contributed by atoms with van der Waals surface area (Å²) in [4.78, 5) is 12.0. The average molecular weight is 300 g/mol. The number of rotatable bonds is 4. The Hall–Kier alpha value is -1.07. The minimum absolute atomic E-state index is 0.0572. The van der Waals surface area contributed by atoms with E-state index in [0.717, 1.165) is 38.5 Å². The highest BCUT2D eigenvalue weighted by atomic mass is 35.5. The van der Waals surface area contributed by atoms with Gasteiger partial charge in [0.2, 0.25) is 0 Å². The fourth-order valence-corrected chi connectivity index (χ4v) is 2.79. The third kappa shape index (κ3) is 3.52. The summed E-state index contributed by atoms with van der Waals surface area (Å²) in [5, 5.41) is 17.6. The Morgan fingerprint density at radius 1 is 1.45 bits per heavy atom. The van der Waals surface area contributed by atoms with Crippen LogP contribution in [-0.4, -0.2) is 27.0 Å². The smallest absolute Gasteiger partial charge is 0.287 e. The highest BCUT2D eigenvalue weighted by molar-refractivity contribution is 6.32. The van der Waals surface area contributed by atoms with Crippen molar-refractivity contribution >= 4 is 17.3 Å². The topological polar surface area (TPSA) is 67.2 Å². The van der Waals surface area contributed by atoms with Gasteiger partial charge in [-0.25, -0.2) is 4.68 Å². The van der Waals surface area contributed by atoms with Gasteiger partial charge in [-0.2, -0.15) is 5.10 Å². The van der Waals surface area contributed by atoms with Gasteiger partial charge in [-0.1, -0.05) is 37.8 Å². The summed E-state index contributed by atoms with van der Waals surface area (Å²) in [7, 11) is 0. The van der Waals surface area contributed by atoms with Crippen LogP contribution in [0.2, 0.25) is 5.02 Å². The lowest BCUT2D eigenvalue weighted by Gasteiger charge is -2.23. The molecule has 6 heteroatoms. The molecule has 20 heavy (non-hydrogen) atoms. The first-order valence-electron chi connectivity index (χ1n) is 7.33. The predicted molar refractivity (Wildman–Crippen MR) is 80.3 cm³/mol. The van der Waals surface area contributed by atoms with Crippen molar-refractivity contribution in [3.05, 3.63) is 21.6 Å². The normalized spacial score (nSPS) is 23.4. The average Bonchev–Trinajstić information content (AvgIpc) is 2.64. The van der Waals surface area contributed by atoms with Crippen molar-refractivity contribution in [2.45, 2.75) is 64.1 Å². The maximum Gasteiger partial charge on any atom is 0.287 e. The van der Waals surface area contributed by atoms with Crippen LogP contribution in [0.4, 0.5) is 5.69 Å². The Morgan fingerprint density at radius 3 is 2.95 bits per heavy atom. The summed E-state index contributed by atoms with van der Waals surface area (Å²) in [6.45, 7) is 2.54. The van der Waals surface area contributed by atoms with Gasteiger partial charge >= 0.3 is 0 Å². The van der Waals surface area contributed by atoms with Crippen LogP contribution in [0, 0.1) is 0 Å². The Labute approximate surface area is 124 Å². The van der Waals surface area contributed by atoms with Crippen LogP contribution in [0.1, 0.15) is 45.4 Å². The van der Waals surface area contributed by atoms with E-state index in [4.69, 9.17) is 11.6 Å². The van der Waals surface area contributed by atoms with Crippen molar-refractivity contribution in [1.82, 2.24) is 9.78 Å². The largest absolute Gasteiger partial charge is 0.391 e. The van der Waals surface area contributed by atoms with Gasteiger partial charge in [0.15, 0.2) is 0 Å². The molecule has 1 aromatic heterocycles. The van der Waals surface area contributed by atoms with E-state index >= 15 is 0 Å². The fraction of sp³-hybridized carbons (Fsp3) is 0.714. The molecule has 0 aromatic carbocycles. The van der Waals surface area contributed by atoms with Crippen LogP contribution in [0.3, 0.4) is 0 Å². The van der Waals surface area contributed by atoms with Crippen molar-refractivity contribution in [1.29, 1.82) is 0 Å². The molecule has 1 aromatic rings. The van der Waals surface area contributed by atoms with Crippen molar-refractivity contribution in [2.24, 2.45) is 0 Å². The molecule has 112 valence electrons. The first kappa shape index (κ1) is 15.3. The second-order valence-electron chi connectivity index (χ2n) is 5.36. The first-order chi connectivity index (χ1) is 9.63. The summed E-state index contributed by atoms with van der Waals surface area (Å²) < 4.78 is 1.37. The maximum atomic E-state index is 12.0. The van der Waals surface area contributed by atoms with Crippen LogP contribution in [-0.2, 0) is 6.54 Å². The standard InChI is InChI=1S/C14H22ClN3O2/c1-2-8-18-14(20)13(15)11(9-16-18)17-10-6-4-3-5-7-12(10)19/h9-10,12,17,19H,2-8H2,1H3. The van der Waals surface area contributed by atoms with Gasteiger partial charge in [0.05, 0.1) is 24.0 Å². The van der Waals surface area contributed by atoms with Crippen LogP contribution in [0.15, 0.2) is 11.0 Å². The molecule has 2 rings (SSSR count). The number of anilines is 1. The maximum absolute atomic E-state index is 12.0. The van der Waals surface area contributed by atoms with Crippen LogP contribution in [0.5, 0.6) is 0 Å². The first-order valence-corrected chi connectivity index (χ1v) is 7.71. The van der Waals surface area contributed by atoms with E-state index in [1.807, 2.05) is 6.92 Å². The number of aliphatic hydroxyl groups excluding tert-OH is 1. The SMILES string of the molecule is CCCn1ncc(NC2CCCCCC2O)c(Cl)c1=O. The third-order valence-electron chi connectivity index (χ3n) is 3.74. The quantitative estimate of drug-likeness (QED) is 0.838. The van der Waals surface area contributed by atoms with E-state index in [-0.39, 0.29) is 16.6 Å². The molecule has 0 aliphatic heterocycles. The molecular weight excluding hydrogens is 278 g/mol. The molecule has 0 saturated heterocycles. The van der Waals surface area contributed by atoms with E-state index in [9.17, 15) is 9.90 Å². The Balaban J connectivity index is 2.16. The lowest BCUT2D eigenvalue weighted by atomic mass is 10.1. The lowest BCUT2D eigenvalue weighted by Crippen LogP contribution is -2.34. The molecule has 1 fully saturated rings.